The summed E-state index contributed by atoms with van der Waals surface area (Å²) in [7, 11) is 1.60. The monoisotopic (exact) mass is 418 g/mol. The highest BCUT2D eigenvalue weighted by Crippen LogP contribution is 2.34. The van der Waals surface area contributed by atoms with Gasteiger partial charge in [-0.15, -0.1) is 0 Å². The number of nitrogens with one attached hydrogen (secondary N) is 2. The molecule has 1 aliphatic rings. The largest absolute Gasteiger partial charge is 0.493 e. The summed E-state index contributed by atoms with van der Waals surface area (Å²) in [6.45, 7) is 5.91. The second kappa shape index (κ2) is 8.80. The van der Waals surface area contributed by atoms with Crippen molar-refractivity contribution in [2.45, 2.75) is 32.4 Å². The van der Waals surface area contributed by atoms with E-state index < -0.39 is 0 Å². The number of aryl methyl sites for hydroxylation is 1. The van der Waals surface area contributed by atoms with Gasteiger partial charge in [-0.1, -0.05) is 35.5 Å². The lowest BCUT2D eigenvalue weighted by atomic mass is 10.2. The maximum atomic E-state index is 12.4. The summed E-state index contributed by atoms with van der Waals surface area (Å²) in [5, 5.41) is 6.89. The Hall–Kier alpha value is -2.31. The molecule has 0 spiro atoms. The number of thioether (sulfide) groups is 1. The Kier molecular flexibility index (Phi) is 6.42. The van der Waals surface area contributed by atoms with Gasteiger partial charge in [0, 0.05) is 10.7 Å². The van der Waals surface area contributed by atoms with Gasteiger partial charge in [-0.05, 0) is 62.2 Å². The highest BCUT2D eigenvalue weighted by atomic mass is 35.5. The van der Waals surface area contributed by atoms with E-state index in [1.54, 1.807) is 7.11 Å². The van der Waals surface area contributed by atoms with Gasteiger partial charge in [0.05, 0.1) is 18.1 Å². The van der Waals surface area contributed by atoms with Crippen LogP contribution in [0.25, 0.3) is 6.08 Å². The van der Waals surface area contributed by atoms with Crippen LogP contribution in [0.1, 0.15) is 25.0 Å². The van der Waals surface area contributed by atoms with Crippen LogP contribution in [0, 0.1) is 6.92 Å². The minimum Gasteiger partial charge on any atom is -0.493 e. The Morgan fingerprint density at radius 3 is 2.71 bits per heavy atom. The number of benzene rings is 2. The summed E-state index contributed by atoms with van der Waals surface area (Å²) in [6.07, 6.45) is 1.89. The number of hydrogen-bond acceptors (Lipinski definition) is 5. The van der Waals surface area contributed by atoms with E-state index in [9.17, 15) is 4.79 Å². The molecule has 0 aromatic heterocycles. The van der Waals surface area contributed by atoms with Gasteiger partial charge in [0.2, 0.25) is 0 Å². The smallest absolute Gasteiger partial charge is 0.260 e. The van der Waals surface area contributed by atoms with Crippen molar-refractivity contribution in [2.75, 3.05) is 12.4 Å². The van der Waals surface area contributed by atoms with E-state index >= 15 is 0 Å². The molecule has 3 rings (SSSR count). The quantitative estimate of drug-likeness (QED) is 0.643. The summed E-state index contributed by atoms with van der Waals surface area (Å²) in [6, 6.07) is 11.3. The Morgan fingerprint density at radius 2 is 2.00 bits per heavy atom. The Morgan fingerprint density at radius 1 is 1.21 bits per heavy atom. The summed E-state index contributed by atoms with van der Waals surface area (Å²) in [4.78, 5) is 13.0. The van der Waals surface area contributed by atoms with E-state index in [2.05, 4.69) is 10.6 Å². The maximum absolute atomic E-state index is 12.4. The number of methoxy groups -OCH3 is 1. The van der Waals surface area contributed by atoms with E-state index in [0.717, 1.165) is 16.8 Å². The van der Waals surface area contributed by atoms with Crippen LogP contribution in [-0.4, -0.2) is 24.6 Å². The van der Waals surface area contributed by atoms with Crippen LogP contribution in [0.5, 0.6) is 11.5 Å². The lowest BCUT2D eigenvalue weighted by Gasteiger charge is -2.15. The number of amides is 1. The highest BCUT2D eigenvalue weighted by Gasteiger charge is 2.27. The Labute approximate surface area is 174 Å². The molecular weight excluding hydrogens is 396 g/mol. The van der Waals surface area contributed by atoms with E-state index in [1.807, 2.05) is 63.2 Å². The number of halogens is 1. The van der Waals surface area contributed by atoms with E-state index in [0.29, 0.717) is 21.4 Å². The minimum atomic E-state index is -0.263. The average Bonchev–Trinajstić information content (AvgIpc) is 2.98. The second-order valence-corrected chi connectivity index (χ2v) is 8.24. The molecule has 2 aromatic carbocycles. The molecule has 1 saturated heterocycles. The fourth-order valence-corrected chi connectivity index (χ4v) is 3.88. The molecule has 28 heavy (non-hydrogen) atoms. The predicted octanol–water partition coefficient (Wildman–Crippen LogP) is 5.04. The van der Waals surface area contributed by atoms with Crippen molar-refractivity contribution in [2.24, 2.45) is 0 Å². The highest BCUT2D eigenvalue weighted by molar-refractivity contribution is 8.05. The molecule has 148 valence electrons. The fraction of sp³-hybridized carbons (Fsp3) is 0.286. The maximum Gasteiger partial charge on any atom is 0.260 e. The molecule has 2 N–H and O–H groups in total. The van der Waals surface area contributed by atoms with E-state index in [4.69, 9.17) is 21.1 Å². The van der Waals surface area contributed by atoms with Crippen molar-refractivity contribution < 1.29 is 14.3 Å². The normalized spacial score (nSPS) is 17.7. The minimum absolute atomic E-state index is 0.0519. The van der Waals surface area contributed by atoms with Crippen molar-refractivity contribution in [3.05, 3.63) is 57.5 Å². The van der Waals surface area contributed by atoms with Gasteiger partial charge in [0.1, 0.15) is 0 Å². The SMILES string of the molecule is COc1cc(/C=C2\SC(Nc3cc(Cl)ccc3C)NC2=O)ccc1OC(C)C. The molecule has 1 heterocycles. The van der Waals surface area contributed by atoms with Gasteiger partial charge in [-0.2, -0.15) is 0 Å². The average molecular weight is 419 g/mol. The van der Waals surface area contributed by atoms with Crippen molar-refractivity contribution in [1.82, 2.24) is 5.32 Å². The molecule has 5 nitrogen and oxygen atoms in total. The van der Waals surface area contributed by atoms with Gasteiger partial charge >= 0.3 is 0 Å². The molecule has 1 amide bonds. The van der Waals surface area contributed by atoms with Crippen molar-refractivity contribution in [1.29, 1.82) is 0 Å². The topological polar surface area (TPSA) is 59.6 Å². The molecular formula is C21H23ClN2O3S. The van der Waals surface area contributed by atoms with Crippen molar-refractivity contribution in [3.63, 3.8) is 0 Å². The fourth-order valence-electron chi connectivity index (χ4n) is 2.73. The van der Waals surface area contributed by atoms with Crippen molar-refractivity contribution >= 4 is 41.0 Å². The summed E-state index contributed by atoms with van der Waals surface area (Å²) >= 11 is 7.50. The first kappa shape index (κ1) is 20.4. The molecule has 0 radical (unpaired) electrons. The number of hydrogen-bond donors (Lipinski definition) is 2. The molecule has 0 saturated carbocycles. The molecule has 1 atom stereocenters. The van der Waals surface area contributed by atoms with Crippen LogP contribution in [-0.2, 0) is 4.79 Å². The molecule has 1 aliphatic heterocycles. The Balaban J connectivity index is 1.76. The van der Waals surface area contributed by atoms with Gasteiger partial charge in [-0.3, -0.25) is 4.79 Å². The first-order valence-corrected chi connectivity index (χ1v) is 10.2. The number of carbonyl (C=O) groups is 1. The zero-order valence-corrected chi connectivity index (χ0v) is 17.8. The van der Waals surface area contributed by atoms with Gasteiger partial charge in [-0.25, -0.2) is 0 Å². The van der Waals surface area contributed by atoms with E-state index in [-0.39, 0.29) is 17.5 Å². The third-order valence-electron chi connectivity index (χ3n) is 4.07. The predicted molar refractivity (Wildman–Crippen MR) is 116 cm³/mol. The molecule has 7 heteroatoms. The lowest BCUT2D eigenvalue weighted by Crippen LogP contribution is -2.31. The lowest BCUT2D eigenvalue weighted by molar-refractivity contribution is -0.116. The van der Waals surface area contributed by atoms with Gasteiger partial charge in [0.25, 0.3) is 5.91 Å². The van der Waals surface area contributed by atoms with E-state index in [1.165, 1.54) is 11.8 Å². The third kappa shape index (κ3) is 4.94. The Bertz CT molecular complexity index is 915. The number of carbonyl (C=O) groups excluding carboxylic acids is 1. The van der Waals surface area contributed by atoms with Crippen LogP contribution < -0.4 is 20.1 Å². The van der Waals surface area contributed by atoms with Crippen LogP contribution in [0.4, 0.5) is 5.69 Å². The number of anilines is 1. The van der Waals surface area contributed by atoms with Crippen LogP contribution in [0.15, 0.2) is 41.3 Å². The molecule has 0 bridgehead atoms. The molecule has 1 unspecified atom stereocenters. The van der Waals surface area contributed by atoms with Crippen molar-refractivity contribution in [3.8, 4) is 11.5 Å². The van der Waals surface area contributed by atoms with Crippen LogP contribution in [0.2, 0.25) is 5.02 Å². The van der Waals surface area contributed by atoms with Crippen LogP contribution >= 0.6 is 23.4 Å². The first-order chi connectivity index (χ1) is 13.4. The summed E-state index contributed by atoms with van der Waals surface area (Å²) in [5.74, 6) is 1.19. The number of ether oxygens (including phenoxy) is 2. The van der Waals surface area contributed by atoms with Gasteiger partial charge < -0.3 is 20.1 Å². The molecule has 1 fully saturated rings. The zero-order chi connectivity index (χ0) is 20.3. The molecule has 0 aliphatic carbocycles. The zero-order valence-electron chi connectivity index (χ0n) is 16.2. The second-order valence-electron chi connectivity index (χ2n) is 6.66. The summed E-state index contributed by atoms with van der Waals surface area (Å²) in [5.41, 5.74) is 2.55. The van der Waals surface area contributed by atoms with Crippen LogP contribution in [0.3, 0.4) is 0 Å². The first-order valence-electron chi connectivity index (χ1n) is 8.92. The third-order valence-corrected chi connectivity index (χ3v) is 5.33. The van der Waals surface area contributed by atoms with Gasteiger partial charge in [0.15, 0.2) is 17.0 Å². The number of rotatable bonds is 6. The molecule has 2 aromatic rings. The summed E-state index contributed by atoms with van der Waals surface area (Å²) < 4.78 is 11.2. The standard InChI is InChI=1S/C21H23ClN2O3S/c1-12(2)27-17-8-6-14(9-18(17)26-4)10-19-20(25)24-21(28-19)23-16-11-15(22)7-5-13(16)3/h5-12,21,23H,1-4H3,(H,24,25)/b19-10-.